The maximum Gasteiger partial charge on any atom is 0.435 e. The number of piperidine rings is 1. The van der Waals surface area contributed by atoms with Gasteiger partial charge in [-0.25, -0.2) is 4.98 Å². The van der Waals surface area contributed by atoms with E-state index in [2.05, 4.69) is 15.6 Å². The molecule has 134 valence electrons. The van der Waals surface area contributed by atoms with Crippen molar-refractivity contribution in [3.63, 3.8) is 0 Å². The lowest BCUT2D eigenvalue weighted by Crippen LogP contribution is -2.44. The van der Waals surface area contributed by atoms with E-state index in [-0.39, 0.29) is 23.2 Å². The van der Waals surface area contributed by atoms with Gasteiger partial charge in [-0.05, 0) is 50.9 Å². The number of rotatable bonds is 3. The average molecular weight is 352 g/mol. The molecule has 2 aromatic rings. The molecule has 1 aliphatic carbocycles. The maximum absolute atomic E-state index is 13.3. The molecule has 25 heavy (non-hydrogen) atoms. The Bertz CT molecular complexity index is 832. The molecule has 0 bridgehead atoms. The Morgan fingerprint density at radius 3 is 2.60 bits per heavy atom. The SMILES string of the molecule is CC(C)(NC(=O)C1C2CNC[C@H]21)c1nc(C(F)(F)F)c2ccccn12. The topological polar surface area (TPSA) is 58.4 Å². The summed E-state index contributed by atoms with van der Waals surface area (Å²) < 4.78 is 41.3. The van der Waals surface area contributed by atoms with Crippen LogP contribution < -0.4 is 10.6 Å². The molecule has 2 aliphatic rings. The Balaban J connectivity index is 1.67. The minimum atomic E-state index is -4.55. The van der Waals surface area contributed by atoms with Crippen molar-refractivity contribution < 1.29 is 18.0 Å². The summed E-state index contributed by atoms with van der Waals surface area (Å²) in [4.78, 5) is 16.4. The largest absolute Gasteiger partial charge is 0.435 e. The van der Waals surface area contributed by atoms with E-state index in [4.69, 9.17) is 0 Å². The van der Waals surface area contributed by atoms with Gasteiger partial charge in [0.05, 0.1) is 11.1 Å². The zero-order valence-corrected chi connectivity index (χ0v) is 13.9. The first-order valence-electron chi connectivity index (χ1n) is 8.27. The van der Waals surface area contributed by atoms with Crippen molar-refractivity contribution in [1.82, 2.24) is 20.0 Å². The quantitative estimate of drug-likeness (QED) is 0.890. The molecule has 0 spiro atoms. The Morgan fingerprint density at radius 1 is 1.28 bits per heavy atom. The van der Waals surface area contributed by atoms with Crippen LogP contribution in [0, 0.1) is 17.8 Å². The van der Waals surface area contributed by atoms with Gasteiger partial charge in [-0.1, -0.05) is 6.07 Å². The molecule has 2 unspecified atom stereocenters. The Labute approximate surface area is 142 Å². The van der Waals surface area contributed by atoms with E-state index in [1.807, 2.05) is 0 Å². The lowest BCUT2D eigenvalue weighted by Gasteiger charge is -2.25. The molecule has 4 rings (SSSR count). The number of imidazole rings is 1. The van der Waals surface area contributed by atoms with Crippen molar-refractivity contribution in [1.29, 1.82) is 0 Å². The highest BCUT2D eigenvalue weighted by Crippen LogP contribution is 2.49. The molecule has 1 aliphatic heterocycles. The van der Waals surface area contributed by atoms with Crippen LogP contribution in [0.4, 0.5) is 13.2 Å². The Morgan fingerprint density at radius 2 is 1.96 bits per heavy atom. The van der Waals surface area contributed by atoms with Gasteiger partial charge in [-0.2, -0.15) is 13.2 Å². The minimum absolute atomic E-state index is 0.0141. The number of nitrogens with zero attached hydrogens (tertiary/aromatic N) is 2. The summed E-state index contributed by atoms with van der Waals surface area (Å²) in [6.07, 6.45) is -3.01. The van der Waals surface area contributed by atoms with Crippen LogP contribution in [0.3, 0.4) is 0 Å². The van der Waals surface area contributed by atoms with Crippen molar-refractivity contribution >= 4 is 11.4 Å². The number of alkyl halides is 3. The summed E-state index contributed by atoms with van der Waals surface area (Å²) in [5, 5.41) is 6.13. The van der Waals surface area contributed by atoms with Gasteiger partial charge in [-0.3, -0.25) is 4.79 Å². The molecular formula is C17H19F3N4O. The van der Waals surface area contributed by atoms with Gasteiger partial charge in [0.1, 0.15) is 5.82 Å². The Kier molecular flexibility index (Phi) is 3.41. The van der Waals surface area contributed by atoms with E-state index in [9.17, 15) is 18.0 Å². The standard InChI is InChI=1S/C17H19F3N4O/c1-16(2,23-14(25)12-9-7-21-8-10(9)12)15-22-13(17(18,19)20)11-5-3-4-6-24(11)15/h3-6,9-10,12,21H,7-8H2,1-2H3,(H,23,25)/t9-,10?,12?/m1/s1. The van der Waals surface area contributed by atoms with E-state index < -0.39 is 17.4 Å². The molecular weight excluding hydrogens is 333 g/mol. The number of aromatic nitrogens is 2. The van der Waals surface area contributed by atoms with Gasteiger partial charge in [0.15, 0.2) is 5.69 Å². The highest BCUT2D eigenvalue weighted by molar-refractivity contribution is 5.83. The number of pyridine rings is 1. The fourth-order valence-electron chi connectivity index (χ4n) is 3.94. The van der Waals surface area contributed by atoms with Gasteiger partial charge in [-0.15, -0.1) is 0 Å². The zero-order chi connectivity index (χ0) is 18.0. The fraction of sp³-hybridized carbons (Fsp3) is 0.529. The van der Waals surface area contributed by atoms with E-state index in [0.29, 0.717) is 11.8 Å². The number of carbonyl (C=O) groups excluding carboxylic acids is 1. The summed E-state index contributed by atoms with van der Waals surface area (Å²) in [6.45, 7) is 5.02. The smallest absolute Gasteiger partial charge is 0.344 e. The first-order chi connectivity index (χ1) is 11.7. The predicted octanol–water partition coefficient (Wildman–Crippen LogP) is 2.17. The molecule has 3 heterocycles. The molecule has 0 aromatic carbocycles. The third-order valence-corrected chi connectivity index (χ3v) is 5.21. The molecule has 2 fully saturated rings. The minimum Gasteiger partial charge on any atom is -0.344 e. The van der Waals surface area contributed by atoms with Crippen molar-refractivity contribution in [3.05, 3.63) is 35.9 Å². The van der Waals surface area contributed by atoms with Crippen molar-refractivity contribution in [2.75, 3.05) is 13.1 Å². The molecule has 1 amide bonds. The molecule has 5 nitrogen and oxygen atoms in total. The van der Waals surface area contributed by atoms with Gasteiger partial charge >= 0.3 is 6.18 Å². The summed E-state index contributed by atoms with van der Waals surface area (Å²) >= 11 is 0. The van der Waals surface area contributed by atoms with Crippen molar-refractivity contribution in [2.24, 2.45) is 17.8 Å². The van der Waals surface area contributed by atoms with Crippen LogP contribution in [0.5, 0.6) is 0 Å². The first-order valence-corrected chi connectivity index (χ1v) is 8.27. The van der Waals surface area contributed by atoms with E-state index >= 15 is 0 Å². The monoisotopic (exact) mass is 352 g/mol. The van der Waals surface area contributed by atoms with Gasteiger partial charge in [0.25, 0.3) is 0 Å². The van der Waals surface area contributed by atoms with E-state index in [1.165, 1.54) is 16.7 Å². The van der Waals surface area contributed by atoms with E-state index in [0.717, 1.165) is 13.1 Å². The van der Waals surface area contributed by atoms with E-state index in [1.54, 1.807) is 26.0 Å². The van der Waals surface area contributed by atoms with Crippen LogP contribution in [0.2, 0.25) is 0 Å². The van der Waals surface area contributed by atoms with Crippen LogP contribution in [0.15, 0.2) is 24.4 Å². The van der Waals surface area contributed by atoms with Crippen molar-refractivity contribution in [3.8, 4) is 0 Å². The molecule has 2 N–H and O–H groups in total. The number of amides is 1. The Hall–Kier alpha value is -2.09. The number of hydrogen-bond donors (Lipinski definition) is 2. The predicted molar refractivity (Wildman–Crippen MR) is 84.7 cm³/mol. The number of hydrogen-bond acceptors (Lipinski definition) is 3. The van der Waals surface area contributed by atoms with Gasteiger partial charge in [0.2, 0.25) is 5.91 Å². The second kappa shape index (κ2) is 5.20. The van der Waals surface area contributed by atoms with Gasteiger partial charge in [0, 0.05) is 12.1 Å². The molecule has 8 heteroatoms. The number of carbonyl (C=O) groups is 1. The maximum atomic E-state index is 13.3. The van der Waals surface area contributed by atoms with Crippen LogP contribution in [0.1, 0.15) is 25.4 Å². The second-order valence-electron chi connectivity index (χ2n) is 7.36. The van der Waals surface area contributed by atoms with Crippen LogP contribution in [0.25, 0.3) is 5.52 Å². The number of fused-ring (bicyclic) bond motifs is 2. The van der Waals surface area contributed by atoms with Crippen LogP contribution >= 0.6 is 0 Å². The third-order valence-electron chi connectivity index (χ3n) is 5.21. The lowest BCUT2D eigenvalue weighted by atomic mass is 10.0. The fourth-order valence-corrected chi connectivity index (χ4v) is 3.94. The number of nitrogens with one attached hydrogen (secondary N) is 2. The van der Waals surface area contributed by atoms with Gasteiger partial charge < -0.3 is 15.0 Å². The normalized spacial score (nSPS) is 25.9. The van der Waals surface area contributed by atoms with Crippen LogP contribution in [-0.2, 0) is 16.5 Å². The molecule has 0 radical (unpaired) electrons. The van der Waals surface area contributed by atoms with Crippen molar-refractivity contribution in [2.45, 2.75) is 25.6 Å². The summed E-state index contributed by atoms with van der Waals surface area (Å²) in [5.74, 6) is 0.710. The lowest BCUT2D eigenvalue weighted by molar-refractivity contribution is -0.139. The highest BCUT2D eigenvalue weighted by Gasteiger charge is 2.57. The van der Waals surface area contributed by atoms with Crippen LogP contribution in [-0.4, -0.2) is 28.4 Å². The molecule has 1 saturated heterocycles. The molecule has 3 atom stereocenters. The molecule has 2 aromatic heterocycles. The molecule has 1 saturated carbocycles. The number of halogens is 3. The third kappa shape index (κ3) is 2.59. The summed E-state index contributed by atoms with van der Waals surface area (Å²) in [5.41, 5.74) is -1.97. The average Bonchev–Trinajstić information content (AvgIpc) is 2.87. The highest BCUT2D eigenvalue weighted by atomic mass is 19.4. The second-order valence-corrected chi connectivity index (χ2v) is 7.36. The zero-order valence-electron chi connectivity index (χ0n) is 13.9. The summed E-state index contributed by atoms with van der Waals surface area (Å²) in [6, 6.07) is 4.57. The first kappa shape index (κ1) is 16.4. The summed E-state index contributed by atoms with van der Waals surface area (Å²) in [7, 11) is 0.